The molecule has 0 fully saturated rings. The molecule has 0 saturated carbocycles. The third-order valence-electron chi connectivity index (χ3n) is 6.05. The molecule has 1 aromatic heterocycles. The number of hydrogen-bond donors (Lipinski definition) is 1. The van der Waals surface area contributed by atoms with E-state index in [1.807, 2.05) is 77.4 Å². The Balaban J connectivity index is 1.40. The number of para-hydroxylation sites is 1. The molecule has 5 rings (SSSR count). The molecule has 0 unspecified atom stereocenters. The molecule has 5 nitrogen and oxygen atoms in total. The first-order valence-electron chi connectivity index (χ1n) is 11.9. The van der Waals surface area contributed by atoms with Crippen LogP contribution >= 0.6 is 11.8 Å². The van der Waals surface area contributed by atoms with Gasteiger partial charge in [0.25, 0.3) is 0 Å². The van der Waals surface area contributed by atoms with E-state index < -0.39 is 0 Å². The standard InChI is InChI=1S/C30H28N4OS/c1-30(2,3)23-18-16-22(17-19-23)28-32-33-29(34(28)24-12-5-4-6-13-24)36-20-27(35)31-26-15-9-11-21-10-7-8-14-25(21)26/h4-19H,20H2,1-3H3,(H,31,35). The highest BCUT2D eigenvalue weighted by molar-refractivity contribution is 7.99. The smallest absolute Gasteiger partial charge is 0.234 e. The lowest BCUT2D eigenvalue weighted by Gasteiger charge is -2.19. The number of fused-ring (bicyclic) bond motifs is 1. The fourth-order valence-electron chi connectivity index (χ4n) is 4.13. The summed E-state index contributed by atoms with van der Waals surface area (Å²) in [5, 5.41) is 14.8. The van der Waals surface area contributed by atoms with Crippen LogP contribution in [0.2, 0.25) is 0 Å². The number of benzene rings is 4. The molecule has 0 aliphatic heterocycles. The van der Waals surface area contributed by atoms with E-state index in [1.54, 1.807) is 0 Å². The van der Waals surface area contributed by atoms with E-state index in [2.05, 4.69) is 60.6 Å². The fourth-order valence-corrected chi connectivity index (χ4v) is 4.88. The number of nitrogens with one attached hydrogen (secondary N) is 1. The van der Waals surface area contributed by atoms with Crippen molar-refractivity contribution in [3.8, 4) is 17.1 Å². The number of rotatable bonds is 6. The third-order valence-corrected chi connectivity index (χ3v) is 6.98. The monoisotopic (exact) mass is 492 g/mol. The van der Waals surface area contributed by atoms with Gasteiger partial charge in [-0.1, -0.05) is 111 Å². The normalized spacial score (nSPS) is 11.5. The van der Waals surface area contributed by atoms with Gasteiger partial charge in [-0.25, -0.2) is 0 Å². The molecule has 0 bridgehead atoms. The second-order valence-corrected chi connectivity index (χ2v) is 10.6. The minimum Gasteiger partial charge on any atom is -0.325 e. The topological polar surface area (TPSA) is 59.8 Å². The minimum absolute atomic E-state index is 0.0735. The van der Waals surface area contributed by atoms with Crippen LogP contribution in [-0.4, -0.2) is 26.4 Å². The highest BCUT2D eigenvalue weighted by Gasteiger charge is 2.19. The number of amides is 1. The van der Waals surface area contributed by atoms with Gasteiger partial charge in [-0.3, -0.25) is 9.36 Å². The summed E-state index contributed by atoms with van der Waals surface area (Å²) in [4.78, 5) is 12.9. The quantitative estimate of drug-likeness (QED) is 0.257. The van der Waals surface area contributed by atoms with Crippen molar-refractivity contribution < 1.29 is 4.79 Å². The molecule has 0 atom stereocenters. The molecule has 0 radical (unpaired) electrons. The molecule has 5 aromatic rings. The van der Waals surface area contributed by atoms with Gasteiger partial charge in [0.05, 0.1) is 5.75 Å². The van der Waals surface area contributed by atoms with Crippen LogP contribution < -0.4 is 5.32 Å². The van der Waals surface area contributed by atoms with Gasteiger partial charge in [-0.15, -0.1) is 10.2 Å². The molecule has 0 saturated heterocycles. The second kappa shape index (κ2) is 9.99. The first kappa shape index (κ1) is 23.8. The number of hydrogen-bond acceptors (Lipinski definition) is 4. The Labute approximate surface area is 215 Å². The number of thioether (sulfide) groups is 1. The van der Waals surface area contributed by atoms with Crippen LogP contribution in [0.5, 0.6) is 0 Å². The van der Waals surface area contributed by atoms with E-state index in [4.69, 9.17) is 0 Å². The maximum absolute atomic E-state index is 12.9. The van der Waals surface area contributed by atoms with Crippen LogP contribution in [0.25, 0.3) is 27.8 Å². The van der Waals surface area contributed by atoms with Crippen molar-refractivity contribution >= 4 is 34.1 Å². The van der Waals surface area contributed by atoms with Crippen LogP contribution in [0, 0.1) is 0 Å². The van der Waals surface area contributed by atoms with E-state index in [0.717, 1.165) is 33.5 Å². The molecule has 1 N–H and O–H groups in total. The Morgan fingerprint density at radius 3 is 2.28 bits per heavy atom. The van der Waals surface area contributed by atoms with Crippen LogP contribution in [0.4, 0.5) is 5.69 Å². The van der Waals surface area contributed by atoms with Crippen LogP contribution in [0.3, 0.4) is 0 Å². The van der Waals surface area contributed by atoms with Gasteiger partial charge in [0, 0.05) is 22.3 Å². The maximum atomic E-state index is 12.9. The molecule has 6 heteroatoms. The van der Waals surface area contributed by atoms with Gasteiger partial charge in [-0.2, -0.15) is 0 Å². The van der Waals surface area contributed by atoms with Gasteiger partial charge in [0.15, 0.2) is 11.0 Å². The van der Waals surface area contributed by atoms with Gasteiger partial charge in [0.2, 0.25) is 5.91 Å². The van der Waals surface area contributed by atoms with Gasteiger partial charge in [-0.05, 0) is 34.6 Å². The number of anilines is 1. The van der Waals surface area contributed by atoms with E-state index in [9.17, 15) is 4.79 Å². The number of nitrogens with zero attached hydrogens (tertiary/aromatic N) is 3. The van der Waals surface area contributed by atoms with Crippen molar-refractivity contribution in [1.29, 1.82) is 0 Å². The molecular formula is C30H28N4OS. The van der Waals surface area contributed by atoms with Crippen molar-refractivity contribution in [1.82, 2.24) is 14.8 Å². The SMILES string of the molecule is CC(C)(C)c1ccc(-c2nnc(SCC(=O)Nc3cccc4ccccc34)n2-c2ccccc2)cc1. The van der Waals surface area contributed by atoms with Crippen molar-refractivity contribution in [2.75, 3.05) is 11.1 Å². The molecule has 0 aliphatic rings. The molecule has 36 heavy (non-hydrogen) atoms. The zero-order valence-corrected chi connectivity index (χ0v) is 21.4. The van der Waals surface area contributed by atoms with Crippen molar-refractivity contribution in [2.24, 2.45) is 0 Å². The number of carbonyl (C=O) groups is 1. The van der Waals surface area contributed by atoms with Gasteiger partial charge < -0.3 is 5.32 Å². The Morgan fingerprint density at radius 1 is 0.833 bits per heavy atom. The summed E-state index contributed by atoms with van der Waals surface area (Å²) in [6, 6.07) is 32.4. The van der Waals surface area contributed by atoms with E-state index in [0.29, 0.717) is 5.16 Å². The van der Waals surface area contributed by atoms with E-state index >= 15 is 0 Å². The van der Waals surface area contributed by atoms with Gasteiger partial charge >= 0.3 is 0 Å². The summed E-state index contributed by atoms with van der Waals surface area (Å²) in [5.74, 6) is 0.880. The third kappa shape index (κ3) is 5.04. The Kier molecular flexibility index (Phi) is 6.61. The lowest BCUT2D eigenvalue weighted by atomic mass is 9.87. The lowest BCUT2D eigenvalue weighted by molar-refractivity contribution is -0.113. The average Bonchev–Trinajstić information content (AvgIpc) is 3.32. The van der Waals surface area contributed by atoms with E-state index in [-0.39, 0.29) is 17.1 Å². The summed E-state index contributed by atoms with van der Waals surface area (Å²) in [5.41, 5.74) is 4.07. The molecule has 0 aliphatic carbocycles. The summed E-state index contributed by atoms with van der Waals surface area (Å²) in [6.07, 6.45) is 0. The van der Waals surface area contributed by atoms with Crippen LogP contribution in [0.15, 0.2) is 102 Å². The molecule has 1 heterocycles. The zero-order valence-electron chi connectivity index (χ0n) is 20.6. The second-order valence-electron chi connectivity index (χ2n) is 9.67. The largest absolute Gasteiger partial charge is 0.325 e. The Morgan fingerprint density at radius 2 is 1.53 bits per heavy atom. The predicted molar refractivity (Wildman–Crippen MR) is 149 cm³/mol. The predicted octanol–water partition coefficient (Wildman–Crippen LogP) is 7.12. The average molecular weight is 493 g/mol. The molecule has 1 amide bonds. The highest BCUT2D eigenvalue weighted by Crippen LogP contribution is 2.30. The summed E-state index contributed by atoms with van der Waals surface area (Å²) in [6.45, 7) is 6.60. The van der Waals surface area contributed by atoms with Crippen molar-refractivity contribution in [3.05, 3.63) is 103 Å². The maximum Gasteiger partial charge on any atom is 0.234 e. The van der Waals surface area contributed by atoms with E-state index in [1.165, 1.54) is 17.3 Å². The summed E-state index contributed by atoms with van der Waals surface area (Å²) in [7, 11) is 0. The minimum atomic E-state index is -0.0879. The lowest BCUT2D eigenvalue weighted by Crippen LogP contribution is -2.14. The number of aromatic nitrogens is 3. The highest BCUT2D eigenvalue weighted by atomic mass is 32.2. The Hall–Kier alpha value is -3.90. The van der Waals surface area contributed by atoms with Crippen LogP contribution in [0.1, 0.15) is 26.3 Å². The first-order valence-corrected chi connectivity index (χ1v) is 12.9. The number of carbonyl (C=O) groups excluding carboxylic acids is 1. The summed E-state index contributed by atoms with van der Waals surface area (Å²) < 4.78 is 2.02. The van der Waals surface area contributed by atoms with Crippen LogP contribution in [-0.2, 0) is 10.2 Å². The fraction of sp³-hybridized carbons (Fsp3) is 0.167. The molecule has 4 aromatic carbocycles. The molecular weight excluding hydrogens is 464 g/mol. The van der Waals surface area contributed by atoms with Gasteiger partial charge in [0.1, 0.15) is 0 Å². The molecule has 0 spiro atoms. The summed E-state index contributed by atoms with van der Waals surface area (Å²) >= 11 is 1.37. The molecule has 180 valence electrons. The Bertz CT molecular complexity index is 1500. The zero-order chi connectivity index (χ0) is 25.1. The van der Waals surface area contributed by atoms with Crippen molar-refractivity contribution in [3.63, 3.8) is 0 Å². The first-order chi connectivity index (χ1) is 17.4. The van der Waals surface area contributed by atoms with Crippen molar-refractivity contribution in [2.45, 2.75) is 31.3 Å².